The van der Waals surface area contributed by atoms with E-state index < -0.39 is 29.7 Å². The Morgan fingerprint density at radius 1 is 1.22 bits per heavy atom. The number of esters is 1. The van der Waals surface area contributed by atoms with Crippen molar-refractivity contribution in [3.05, 3.63) is 0 Å². The minimum atomic E-state index is -1.31. The van der Waals surface area contributed by atoms with E-state index in [1.807, 2.05) is 0 Å². The molecule has 0 aliphatic heterocycles. The number of rotatable bonds is 6. The summed E-state index contributed by atoms with van der Waals surface area (Å²) >= 11 is 0. The van der Waals surface area contributed by atoms with Gasteiger partial charge in [0, 0.05) is 12.5 Å². The second-order valence-corrected chi connectivity index (χ2v) is 4.87. The highest BCUT2D eigenvalue weighted by Gasteiger charge is 2.20. The normalized spacial score (nSPS) is 12.6. The maximum atomic E-state index is 11.4. The number of hydrogen-bond donors (Lipinski definition) is 3. The highest BCUT2D eigenvalue weighted by atomic mass is 16.6. The average molecular weight is 261 g/mol. The van der Waals surface area contributed by atoms with Crippen LogP contribution >= 0.6 is 0 Å². The summed E-state index contributed by atoms with van der Waals surface area (Å²) in [6.07, 6.45) is -1.62. The third-order valence-electron chi connectivity index (χ3n) is 1.87. The molecular formula is C11H19NO6. The molecule has 0 saturated carbocycles. The van der Waals surface area contributed by atoms with Gasteiger partial charge in [-0.2, -0.15) is 0 Å². The van der Waals surface area contributed by atoms with Crippen molar-refractivity contribution in [1.29, 1.82) is 0 Å². The summed E-state index contributed by atoms with van der Waals surface area (Å²) in [5, 5.41) is 19.2. The first kappa shape index (κ1) is 16.2. The van der Waals surface area contributed by atoms with Gasteiger partial charge in [0.1, 0.15) is 5.60 Å². The minimum absolute atomic E-state index is 0.0322. The van der Waals surface area contributed by atoms with Crippen molar-refractivity contribution in [3.8, 4) is 0 Å². The zero-order valence-electron chi connectivity index (χ0n) is 10.7. The molecule has 0 aromatic carbocycles. The van der Waals surface area contributed by atoms with Crippen molar-refractivity contribution in [3.63, 3.8) is 0 Å². The number of carboxylic acid groups (broad SMARTS) is 2. The number of carbonyl (C=O) groups is 3. The predicted molar refractivity (Wildman–Crippen MR) is 62.3 cm³/mol. The fourth-order valence-corrected chi connectivity index (χ4v) is 1.30. The van der Waals surface area contributed by atoms with Gasteiger partial charge in [-0.3, -0.25) is 9.59 Å². The molecule has 0 aromatic heterocycles. The van der Waals surface area contributed by atoms with Gasteiger partial charge in [0.05, 0.1) is 6.42 Å². The van der Waals surface area contributed by atoms with E-state index in [1.165, 1.54) is 0 Å². The molecule has 0 bridgehead atoms. The van der Waals surface area contributed by atoms with Crippen LogP contribution in [0.2, 0.25) is 0 Å². The third kappa shape index (κ3) is 9.44. The number of amides is 1. The van der Waals surface area contributed by atoms with Crippen molar-refractivity contribution >= 4 is 18.0 Å². The molecule has 7 heteroatoms. The first-order valence-electron chi connectivity index (χ1n) is 5.53. The van der Waals surface area contributed by atoms with Crippen molar-refractivity contribution in [2.75, 3.05) is 0 Å². The Kier molecular flexibility index (Phi) is 6.15. The fraction of sp³-hybridized carbons (Fsp3) is 0.727. The van der Waals surface area contributed by atoms with E-state index in [9.17, 15) is 14.4 Å². The molecule has 0 rings (SSSR count). The molecule has 0 heterocycles. The van der Waals surface area contributed by atoms with Crippen LogP contribution in [0, 0.1) is 0 Å². The smallest absolute Gasteiger partial charge is 0.404 e. The Balaban J connectivity index is 4.21. The van der Waals surface area contributed by atoms with Crippen molar-refractivity contribution in [2.45, 2.75) is 51.7 Å². The molecule has 7 nitrogen and oxygen atoms in total. The lowest BCUT2D eigenvalue weighted by molar-refractivity contribution is -0.155. The second-order valence-electron chi connectivity index (χ2n) is 4.87. The number of carboxylic acids is 1. The van der Waals surface area contributed by atoms with Gasteiger partial charge >= 0.3 is 18.0 Å². The maximum absolute atomic E-state index is 11.4. The fourth-order valence-electron chi connectivity index (χ4n) is 1.30. The Labute approximate surface area is 105 Å². The van der Waals surface area contributed by atoms with E-state index in [0.717, 1.165) is 0 Å². The van der Waals surface area contributed by atoms with Crippen LogP contribution in [0.5, 0.6) is 0 Å². The molecule has 0 aliphatic rings. The van der Waals surface area contributed by atoms with Crippen molar-refractivity contribution in [1.82, 2.24) is 5.32 Å². The van der Waals surface area contributed by atoms with E-state index >= 15 is 0 Å². The molecule has 0 aliphatic carbocycles. The summed E-state index contributed by atoms with van der Waals surface area (Å²) < 4.78 is 5.04. The molecule has 0 spiro atoms. The van der Waals surface area contributed by atoms with Crippen LogP contribution in [0.1, 0.15) is 40.0 Å². The largest absolute Gasteiger partial charge is 0.481 e. The highest BCUT2D eigenvalue weighted by Crippen LogP contribution is 2.11. The summed E-state index contributed by atoms with van der Waals surface area (Å²) in [7, 11) is 0. The molecule has 1 amide bonds. The molecule has 1 atom stereocenters. The molecule has 104 valence electrons. The Morgan fingerprint density at radius 3 is 2.17 bits per heavy atom. The number of ether oxygens (including phenoxy) is 1. The number of nitrogens with one attached hydrogen (secondary N) is 1. The summed E-state index contributed by atoms with van der Waals surface area (Å²) in [4.78, 5) is 32.3. The quantitative estimate of drug-likeness (QED) is 0.619. The van der Waals surface area contributed by atoms with Gasteiger partial charge in [-0.1, -0.05) is 0 Å². The summed E-state index contributed by atoms with van der Waals surface area (Å²) in [6.45, 7) is 5.15. The Bertz CT molecular complexity index is 304. The monoisotopic (exact) mass is 261 g/mol. The van der Waals surface area contributed by atoms with Gasteiger partial charge in [-0.05, 0) is 27.2 Å². The van der Waals surface area contributed by atoms with E-state index in [1.54, 1.807) is 20.8 Å². The van der Waals surface area contributed by atoms with Gasteiger partial charge in [-0.25, -0.2) is 4.79 Å². The molecule has 0 fully saturated rings. The maximum Gasteiger partial charge on any atom is 0.404 e. The van der Waals surface area contributed by atoms with E-state index in [2.05, 4.69) is 5.32 Å². The van der Waals surface area contributed by atoms with Crippen LogP contribution in [0.4, 0.5) is 4.79 Å². The van der Waals surface area contributed by atoms with E-state index in [4.69, 9.17) is 14.9 Å². The van der Waals surface area contributed by atoms with Crippen LogP contribution in [-0.2, 0) is 14.3 Å². The zero-order valence-corrected chi connectivity index (χ0v) is 10.7. The Hall–Kier alpha value is -1.79. The lowest BCUT2D eigenvalue weighted by Gasteiger charge is -2.20. The van der Waals surface area contributed by atoms with Gasteiger partial charge in [0.25, 0.3) is 0 Å². The van der Waals surface area contributed by atoms with Crippen LogP contribution in [0.15, 0.2) is 0 Å². The van der Waals surface area contributed by atoms with Crippen molar-refractivity contribution < 1.29 is 29.3 Å². The molecule has 0 unspecified atom stereocenters. The first-order valence-corrected chi connectivity index (χ1v) is 5.53. The average Bonchev–Trinajstić information content (AvgIpc) is 2.09. The van der Waals surface area contributed by atoms with Crippen LogP contribution in [0.3, 0.4) is 0 Å². The molecule has 0 aromatic rings. The molecular weight excluding hydrogens is 242 g/mol. The van der Waals surface area contributed by atoms with Gasteiger partial charge in [-0.15, -0.1) is 0 Å². The highest BCUT2D eigenvalue weighted by molar-refractivity contribution is 5.72. The topological polar surface area (TPSA) is 113 Å². The number of hydrogen-bond acceptors (Lipinski definition) is 4. The van der Waals surface area contributed by atoms with E-state index in [0.29, 0.717) is 0 Å². The lowest BCUT2D eigenvalue weighted by Crippen LogP contribution is -2.36. The lowest BCUT2D eigenvalue weighted by atomic mass is 10.1. The summed E-state index contributed by atoms with van der Waals surface area (Å²) in [6, 6.07) is -0.799. The molecule has 0 radical (unpaired) electrons. The van der Waals surface area contributed by atoms with Crippen LogP contribution in [0.25, 0.3) is 0 Å². The Morgan fingerprint density at radius 2 is 1.78 bits per heavy atom. The molecule has 3 N–H and O–H groups in total. The van der Waals surface area contributed by atoms with E-state index in [-0.39, 0.29) is 19.3 Å². The summed E-state index contributed by atoms with van der Waals surface area (Å²) in [5.41, 5.74) is -0.612. The van der Waals surface area contributed by atoms with Crippen LogP contribution < -0.4 is 5.32 Å². The third-order valence-corrected chi connectivity index (χ3v) is 1.87. The number of aliphatic carboxylic acids is 1. The summed E-state index contributed by atoms with van der Waals surface area (Å²) in [5.74, 6) is -1.61. The zero-order chi connectivity index (χ0) is 14.3. The van der Waals surface area contributed by atoms with Crippen molar-refractivity contribution in [2.24, 2.45) is 0 Å². The standard InChI is InChI=1S/C11H19NO6/c1-11(2,3)18-9(15)5-4-7(6-8(13)14)12-10(16)17/h7,12H,4-6H2,1-3H3,(H,13,14)(H,16,17)/t7-/m0/s1. The molecule has 18 heavy (non-hydrogen) atoms. The van der Waals surface area contributed by atoms with Gasteiger partial charge in [0.2, 0.25) is 0 Å². The van der Waals surface area contributed by atoms with Gasteiger partial charge in [0.15, 0.2) is 0 Å². The first-order chi connectivity index (χ1) is 8.10. The molecule has 0 saturated heterocycles. The SMILES string of the molecule is CC(C)(C)OC(=O)CC[C@@H](CC(=O)O)NC(=O)O. The predicted octanol–water partition coefficient (Wildman–Crippen LogP) is 1.22. The second kappa shape index (κ2) is 6.83. The van der Waals surface area contributed by atoms with Gasteiger partial charge < -0.3 is 20.3 Å². The number of carbonyl (C=O) groups excluding carboxylic acids is 1. The van der Waals surface area contributed by atoms with Crippen LogP contribution in [-0.4, -0.2) is 39.9 Å². The minimum Gasteiger partial charge on any atom is -0.481 e.